The zero-order valence-corrected chi connectivity index (χ0v) is 9.84. The average Bonchev–Trinajstić information content (AvgIpc) is 2.42. The molecule has 2 nitrogen and oxygen atoms in total. The van der Waals surface area contributed by atoms with Crippen molar-refractivity contribution in [3.63, 3.8) is 0 Å². The van der Waals surface area contributed by atoms with E-state index in [1.165, 1.54) is 38.5 Å². The van der Waals surface area contributed by atoms with Crippen molar-refractivity contribution >= 4 is 0 Å². The Morgan fingerprint density at radius 3 is 2.64 bits per heavy atom. The SMILES string of the molecule is CCC1CCCC(N(C)CCN)CC1. The zero-order chi connectivity index (χ0) is 10.4. The van der Waals surface area contributed by atoms with Gasteiger partial charge in [-0.1, -0.05) is 26.2 Å². The van der Waals surface area contributed by atoms with Crippen LogP contribution in [0.25, 0.3) is 0 Å². The summed E-state index contributed by atoms with van der Waals surface area (Å²) in [5.74, 6) is 0.992. The fourth-order valence-electron chi connectivity index (χ4n) is 2.59. The van der Waals surface area contributed by atoms with Crippen molar-refractivity contribution in [2.75, 3.05) is 20.1 Å². The summed E-state index contributed by atoms with van der Waals surface area (Å²) < 4.78 is 0. The molecular weight excluding hydrogens is 172 g/mol. The topological polar surface area (TPSA) is 29.3 Å². The largest absolute Gasteiger partial charge is 0.329 e. The molecule has 0 spiro atoms. The minimum Gasteiger partial charge on any atom is -0.329 e. The molecule has 0 aromatic carbocycles. The molecule has 0 aliphatic heterocycles. The smallest absolute Gasteiger partial charge is 0.0104 e. The molecule has 0 aromatic rings. The van der Waals surface area contributed by atoms with Crippen LogP contribution >= 0.6 is 0 Å². The quantitative estimate of drug-likeness (QED) is 0.702. The van der Waals surface area contributed by atoms with Gasteiger partial charge >= 0.3 is 0 Å². The van der Waals surface area contributed by atoms with Gasteiger partial charge in [-0.2, -0.15) is 0 Å². The molecule has 14 heavy (non-hydrogen) atoms. The van der Waals surface area contributed by atoms with Crippen LogP contribution in [0.1, 0.15) is 45.4 Å². The molecule has 2 heteroatoms. The monoisotopic (exact) mass is 198 g/mol. The molecule has 2 N–H and O–H groups in total. The third-order valence-corrected chi connectivity index (χ3v) is 3.74. The van der Waals surface area contributed by atoms with E-state index in [1.807, 2.05) is 0 Å². The van der Waals surface area contributed by atoms with Gasteiger partial charge in [0.2, 0.25) is 0 Å². The van der Waals surface area contributed by atoms with Crippen LogP contribution in [-0.2, 0) is 0 Å². The van der Waals surface area contributed by atoms with Crippen LogP contribution in [0, 0.1) is 5.92 Å². The van der Waals surface area contributed by atoms with Crippen molar-refractivity contribution in [3.05, 3.63) is 0 Å². The summed E-state index contributed by atoms with van der Waals surface area (Å²) in [6.45, 7) is 4.18. The van der Waals surface area contributed by atoms with Gasteiger partial charge in [-0.05, 0) is 32.2 Å². The van der Waals surface area contributed by atoms with Crippen molar-refractivity contribution in [1.82, 2.24) is 4.90 Å². The van der Waals surface area contributed by atoms with Crippen LogP contribution in [0.4, 0.5) is 0 Å². The highest BCUT2D eigenvalue weighted by Gasteiger charge is 2.20. The van der Waals surface area contributed by atoms with Crippen molar-refractivity contribution < 1.29 is 0 Å². The first-order valence-corrected chi connectivity index (χ1v) is 6.18. The summed E-state index contributed by atoms with van der Waals surface area (Å²) >= 11 is 0. The highest BCUT2D eigenvalue weighted by atomic mass is 15.1. The van der Waals surface area contributed by atoms with Gasteiger partial charge in [-0.3, -0.25) is 0 Å². The molecule has 84 valence electrons. The third kappa shape index (κ3) is 3.58. The van der Waals surface area contributed by atoms with Crippen molar-refractivity contribution in [2.24, 2.45) is 11.7 Å². The van der Waals surface area contributed by atoms with Gasteiger partial charge in [-0.15, -0.1) is 0 Å². The maximum absolute atomic E-state index is 5.59. The second-order valence-corrected chi connectivity index (χ2v) is 4.71. The first-order chi connectivity index (χ1) is 6.77. The predicted octanol–water partition coefficient (Wildman–Crippen LogP) is 2.24. The molecule has 1 fully saturated rings. The molecule has 0 heterocycles. The van der Waals surface area contributed by atoms with E-state index in [4.69, 9.17) is 5.73 Å². The minimum absolute atomic E-state index is 0.796. The van der Waals surface area contributed by atoms with E-state index >= 15 is 0 Å². The molecule has 1 aliphatic rings. The molecule has 0 aromatic heterocycles. The van der Waals surface area contributed by atoms with Crippen LogP contribution in [0.5, 0.6) is 0 Å². The summed E-state index contributed by atoms with van der Waals surface area (Å²) in [5, 5.41) is 0. The summed E-state index contributed by atoms with van der Waals surface area (Å²) in [6.07, 6.45) is 8.42. The standard InChI is InChI=1S/C12H26N2/c1-3-11-5-4-6-12(8-7-11)14(2)10-9-13/h11-12H,3-10,13H2,1-2H3. The lowest BCUT2D eigenvalue weighted by molar-refractivity contribution is 0.224. The van der Waals surface area contributed by atoms with Gasteiger partial charge in [0.15, 0.2) is 0 Å². The lowest BCUT2D eigenvalue weighted by Crippen LogP contribution is -2.35. The van der Waals surface area contributed by atoms with Crippen LogP contribution in [0.2, 0.25) is 0 Å². The van der Waals surface area contributed by atoms with Crippen LogP contribution in [-0.4, -0.2) is 31.1 Å². The van der Waals surface area contributed by atoms with Gasteiger partial charge in [0.05, 0.1) is 0 Å². The van der Waals surface area contributed by atoms with E-state index < -0.39 is 0 Å². The average molecular weight is 198 g/mol. The van der Waals surface area contributed by atoms with E-state index in [2.05, 4.69) is 18.9 Å². The van der Waals surface area contributed by atoms with Crippen LogP contribution in [0.15, 0.2) is 0 Å². The van der Waals surface area contributed by atoms with Gasteiger partial charge in [0.25, 0.3) is 0 Å². The summed E-state index contributed by atoms with van der Waals surface area (Å²) in [5.41, 5.74) is 5.59. The Balaban J connectivity index is 2.33. The second-order valence-electron chi connectivity index (χ2n) is 4.71. The maximum atomic E-state index is 5.59. The summed E-state index contributed by atoms with van der Waals surface area (Å²) in [4.78, 5) is 2.46. The molecular formula is C12H26N2. The molecule has 2 atom stereocenters. The molecule has 0 bridgehead atoms. The number of hydrogen-bond donors (Lipinski definition) is 1. The lowest BCUT2D eigenvalue weighted by Gasteiger charge is -2.26. The molecule has 1 rings (SSSR count). The van der Waals surface area contributed by atoms with Crippen molar-refractivity contribution in [3.8, 4) is 0 Å². The highest BCUT2D eigenvalue weighted by Crippen LogP contribution is 2.27. The molecule has 0 saturated heterocycles. The molecule has 1 aliphatic carbocycles. The van der Waals surface area contributed by atoms with Crippen molar-refractivity contribution in [2.45, 2.75) is 51.5 Å². The van der Waals surface area contributed by atoms with Crippen LogP contribution in [0.3, 0.4) is 0 Å². The Morgan fingerprint density at radius 2 is 2.00 bits per heavy atom. The Bertz CT molecular complexity index is 147. The maximum Gasteiger partial charge on any atom is 0.0104 e. The molecule has 2 unspecified atom stereocenters. The highest BCUT2D eigenvalue weighted by molar-refractivity contribution is 4.75. The normalized spacial score (nSPS) is 29.1. The first kappa shape index (κ1) is 12.0. The molecule has 1 saturated carbocycles. The Kier molecular flexibility index (Phi) is 5.49. The van der Waals surface area contributed by atoms with E-state index in [-0.39, 0.29) is 0 Å². The Hall–Kier alpha value is -0.0800. The van der Waals surface area contributed by atoms with E-state index in [0.717, 1.165) is 25.0 Å². The van der Waals surface area contributed by atoms with Gasteiger partial charge in [0, 0.05) is 19.1 Å². The Morgan fingerprint density at radius 1 is 1.21 bits per heavy atom. The van der Waals surface area contributed by atoms with Crippen molar-refractivity contribution in [1.29, 1.82) is 0 Å². The first-order valence-electron chi connectivity index (χ1n) is 6.18. The number of nitrogens with zero attached hydrogens (tertiary/aromatic N) is 1. The minimum atomic E-state index is 0.796. The lowest BCUT2D eigenvalue weighted by atomic mass is 9.97. The van der Waals surface area contributed by atoms with E-state index in [1.54, 1.807) is 0 Å². The molecule has 0 amide bonds. The fraction of sp³-hybridized carbons (Fsp3) is 1.00. The number of hydrogen-bond acceptors (Lipinski definition) is 2. The number of rotatable bonds is 4. The Labute approximate surface area is 88.8 Å². The third-order valence-electron chi connectivity index (χ3n) is 3.74. The van der Waals surface area contributed by atoms with E-state index in [0.29, 0.717) is 0 Å². The molecule has 0 radical (unpaired) electrons. The second kappa shape index (κ2) is 6.41. The zero-order valence-electron chi connectivity index (χ0n) is 9.84. The van der Waals surface area contributed by atoms with Gasteiger partial charge in [-0.25, -0.2) is 0 Å². The van der Waals surface area contributed by atoms with Crippen LogP contribution < -0.4 is 5.73 Å². The fourth-order valence-corrected chi connectivity index (χ4v) is 2.59. The predicted molar refractivity (Wildman–Crippen MR) is 62.3 cm³/mol. The number of nitrogens with two attached hydrogens (primary N) is 1. The van der Waals surface area contributed by atoms with Gasteiger partial charge < -0.3 is 10.6 Å². The summed E-state index contributed by atoms with van der Waals surface area (Å²) in [7, 11) is 2.23. The van der Waals surface area contributed by atoms with Gasteiger partial charge in [0.1, 0.15) is 0 Å². The summed E-state index contributed by atoms with van der Waals surface area (Å²) in [6, 6.07) is 0.801. The van der Waals surface area contributed by atoms with E-state index in [9.17, 15) is 0 Å². The number of likely N-dealkylation sites (N-methyl/N-ethyl adjacent to an activating group) is 1.